The van der Waals surface area contributed by atoms with Gasteiger partial charge in [-0.3, -0.25) is 0 Å². The highest BCUT2D eigenvalue weighted by Crippen LogP contribution is 2.37. The first kappa shape index (κ1) is 31.6. The molecule has 222 valence electrons. The van der Waals surface area contributed by atoms with Gasteiger partial charge in [0, 0.05) is 35.5 Å². The Morgan fingerprint density at radius 2 is 0.488 bits per heavy atom. The Kier molecular flexibility index (Phi) is 9.81. The summed E-state index contributed by atoms with van der Waals surface area (Å²) < 4.78 is 0. The maximum absolute atomic E-state index is 2.35. The standard InChI is InChI=1S/C24H27N.C17H21N/c1-16-7-10-22(13-19(16)4)25(23-11-8-17(2)20(5)14-23)24-12-9-18(3)21(6)15-24;1-12-6-8-16(10-14(12)3)18(5)17-9-7-13(2)15(4)11-17/h7-15H,1-6H3;6-11H,1-5H3. The Bertz CT molecular complexity index is 1570. The van der Waals surface area contributed by atoms with E-state index in [9.17, 15) is 0 Å². The molecule has 0 N–H and O–H groups in total. The Hall–Kier alpha value is -4.30. The molecule has 0 spiro atoms. The first-order valence-corrected chi connectivity index (χ1v) is 15.3. The molecule has 0 atom stereocenters. The summed E-state index contributed by atoms with van der Waals surface area (Å²) in [5.41, 5.74) is 19.4. The summed E-state index contributed by atoms with van der Waals surface area (Å²) in [7, 11) is 2.12. The molecule has 2 heteroatoms. The van der Waals surface area contributed by atoms with E-state index in [-0.39, 0.29) is 0 Å². The zero-order chi connectivity index (χ0) is 31.4. The van der Waals surface area contributed by atoms with Crippen molar-refractivity contribution in [3.05, 3.63) is 147 Å². The third-order valence-corrected chi connectivity index (χ3v) is 9.00. The van der Waals surface area contributed by atoms with E-state index in [1.165, 1.54) is 84.1 Å². The summed E-state index contributed by atoms with van der Waals surface area (Å²) >= 11 is 0. The molecule has 0 aliphatic carbocycles. The van der Waals surface area contributed by atoms with Crippen molar-refractivity contribution in [3.8, 4) is 0 Å². The van der Waals surface area contributed by atoms with Crippen LogP contribution in [0.15, 0.2) is 91.0 Å². The zero-order valence-corrected chi connectivity index (χ0v) is 28.1. The highest BCUT2D eigenvalue weighted by atomic mass is 15.1. The zero-order valence-electron chi connectivity index (χ0n) is 28.1. The van der Waals surface area contributed by atoms with Crippen molar-refractivity contribution in [3.63, 3.8) is 0 Å². The molecule has 0 aliphatic rings. The third-order valence-electron chi connectivity index (χ3n) is 9.00. The average Bonchev–Trinajstić information content (AvgIpc) is 2.97. The van der Waals surface area contributed by atoms with Crippen molar-refractivity contribution in [1.29, 1.82) is 0 Å². The van der Waals surface area contributed by atoms with Gasteiger partial charge >= 0.3 is 0 Å². The van der Waals surface area contributed by atoms with Crippen LogP contribution in [0, 0.1) is 69.2 Å². The van der Waals surface area contributed by atoms with E-state index >= 15 is 0 Å². The SMILES string of the molecule is Cc1ccc(N(C)c2ccc(C)c(C)c2)cc1C.Cc1ccc(N(c2ccc(C)c(C)c2)c2ccc(C)c(C)c2)cc1C. The van der Waals surface area contributed by atoms with Gasteiger partial charge in [-0.25, -0.2) is 0 Å². The van der Waals surface area contributed by atoms with Crippen LogP contribution in [0.1, 0.15) is 55.6 Å². The molecule has 5 rings (SSSR count). The number of rotatable bonds is 5. The van der Waals surface area contributed by atoms with E-state index in [0.29, 0.717) is 0 Å². The lowest BCUT2D eigenvalue weighted by molar-refractivity contribution is 1.18. The van der Waals surface area contributed by atoms with Crippen LogP contribution in [0.2, 0.25) is 0 Å². The van der Waals surface area contributed by atoms with Crippen LogP contribution in [0.5, 0.6) is 0 Å². The van der Waals surface area contributed by atoms with Gasteiger partial charge < -0.3 is 9.80 Å². The van der Waals surface area contributed by atoms with Crippen LogP contribution in [-0.2, 0) is 0 Å². The Morgan fingerprint density at radius 1 is 0.279 bits per heavy atom. The van der Waals surface area contributed by atoms with E-state index in [0.717, 1.165) is 0 Å². The molecule has 0 aliphatic heterocycles. The lowest BCUT2D eigenvalue weighted by Gasteiger charge is -2.27. The predicted molar refractivity (Wildman–Crippen MR) is 189 cm³/mol. The van der Waals surface area contributed by atoms with E-state index in [1.807, 2.05) is 0 Å². The number of benzene rings is 5. The molecule has 43 heavy (non-hydrogen) atoms. The minimum absolute atomic E-state index is 1.20. The highest BCUT2D eigenvalue weighted by molar-refractivity contribution is 5.78. The first-order chi connectivity index (χ1) is 20.3. The molecule has 0 unspecified atom stereocenters. The topological polar surface area (TPSA) is 6.48 Å². The van der Waals surface area contributed by atoms with Gasteiger partial charge in [0.1, 0.15) is 0 Å². The fourth-order valence-electron chi connectivity index (χ4n) is 5.06. The van der Waals surface area contributed by atoms with Crippen molar-refractivity contribution >= 4 is 28.4 Å². The molecule has 0 bridgehead atoms. The fourth-order valence-corrected chi connectivity index (χ4v) is 5.06. The molecule has 5 aromatic rings. The number of hydrogen-bond donors (Lipinski definition) is 0. The van der Waals surface area contributed by atoms with Crippen LogP contribution < -0.4 is 9.80 Å². The highest BCUT2D eigenvalue weighted by Gasteiger charge is 2.14. The van der Waals surface area contributed by atoms with E-state index in [2.05, 4.69) is 177 Å². The monoisotopic (exact) mass is 568 g/mol. The third kappa shape index (κ3) is 7.38. The molecule has 0 amide bonds. The molecule has 5 aromatic carbocycles. The second kappa shape index (κ2) is 13.3. The number of hydrogen-bond acceptors (Lipinski definition) is 2. The van der Waals surface area contributed by atoms with Gasteiger partial charge in [-0.05, 0) is 186 Å². The molecule has 0 saturated heterocycles. The molecule has 2 nitrogen and oxygen atoms in total. The van der Waals surface area contributed by atoms with Crippen LogP contribution in [0.25, 0.3) is 0 Å². The largest absolute Gasteiger partial charge is 0.345 e. The average molecular weight is 569 g/mol. The Labute approximate surface area is 260 Å². The van der Waals surface area contributed by atoms with Crippen molar-refractivity contribution in [2.45, 2.75) is 69.2 Å². The predicted octanol–water partition coefficient (Wildman–Crippen LogP) is 11.7. The summed E-state index contributed by atoms with van der Waals surface area (Å²) in [6.07, 6.45) is 0. The number of aryl methyl sites for hydroxylation is 10. The van der Waals surface area contributed by atoms with E-state index in [1.54, 1.807) is 0 Å². The molecule has 0 radical (unpaired) electrons. The van der Waals surface area contributed by atoms with Crippen LogP contribution in [0.3, 0.4) is 0 Å². The summed E-state index contributed by atoms with van der Waals surface area (Å²) in [4.78, 5) is 4.59. The molecule has 0 fully saturated rings. The Balaban J connectivity index is 0.000000208. The lowest BCUT2D eigenvalue weighted by atomic mass is 10.0. The fraction of sp³-hybridized carbons (Fsp3) is 0.268. The van der Waals surface area contributed by atoms with Crippen LogP contribution in [0.4, 0.5) is 28.4 Å². The molecule has 0 heterocycles. The number of nitrogens with zero attached hydrogens (tertiary/aromatic N) is 2. The van der Waals surface area contributed by atoms with Gasteiger partial charge in [-0.2, -0.15) is 0 Å². The van der Waals surface area contributed by atoms with Crippen LogP contribution in [-0.4, -0.2) is 7.05 Å². The lowest BCUT2D eigenvalue weighted by Crippen LogP contribution is -2.11. The summed E-state index contributed by atoms with van der Waals surface area (Å²) in [6, 6.07) is 33.3. The van der Waals surface area contributed by atoms with Gasteiger partial charge in [-0.1, -0.05) is 30.3 Å². The molecular weight excluding hydrogens is 520 g/mol. The summed E-state index contributed by atoms with van der Waals surface area (Å²) in [5.74, 6) is 0. The number of anilines is 5. The van der Waals surface area contributed by atoms with Gasteiger partial charge in [0.15, 0.2) is 0 Å². The van der Waals surface area contributed by atoms with Gasteiger partial charge in [0.25, 0.3) is 0 Å². The van der Waals surface area contributed by atoms with E-state index < -0.39 is 0 Å². The quantitative estimate of drug-likeness (QED) is 0.208. The molecule has 0 saturated carbocycles. The molecular formula is C41H48N2. The maximum atomic E-state index is 2.35. The van der Waals surface area contributed by atoms with Crippen molar-refractivity contribution < 1.29 is 0 Å². The maximum Gasteiger partial charge on any atom is 0.0464 e. The smallest absolute Gasteiger partial charge is 0.0464 e. The first-order valence-electron chi connectivity index (χ1n) is 15.3. The normalized spacial score (nSPS) is 10.7. The second-order valence-electron chi connectivity index (χ2n) is 12.2. The minimum Gasteiger partial charge on any atom is -0.345 e. The van der Waals surface area contributed by atoms with Gasteiger partial charge in [-0.15, -0.1) is 0 Å². The van der Waals surface area contributed by atoms with Crippen molar-refractivity contribution in [2.24, 2.45) is 0 Å². The van der Waals surface area contributed by atoms with Gasteiger partial charge in [0.05, 0.1) is 0 Å². The molecule has 0 aromatic heterocycles. The summed E-state index contributed by atoms with van der Waals surface area (Å²) in [5, 5.41) is 0. The Morgan fingerprint density at radius 3 is 0.721 bits per heavy atom. The van der Waals surface area contributed by atoms with Crippen LogP contribution >= 0.6 is 0 Å². The summed E-state index contributed by atoms with van der Waals surface area (Å²) in [6.45, 7) is 21.6. The minimum atomic E-state index is 1.20. The second-order valence-corrected chi connectivity index (χ2v) is 12.2. The van der Waals surface area contributed by atoms with Crippen molar-refractivity contribution in [1.82, 2.24) is 0 Å². The van der Waals surface area contributed by atoms with Gasteiger partial charge in [0.2, 0.25) is 0 Å². The van der Waals surface area contributed by atoms with Crippen molar-refractivity contribution in [2.75, 3.05) is 16.8 Å². The van der Waals surface area contributed by atoms with E-state index in [4.69, 9.17) is 0 Å².